The molecule has 1 amide bonds. The maximum Gasteiger partial charge on any atom is 0.407 e. The van der Waals surface area contributed by atoms with E-state index in [1.165, 1.54) is 159 Å². The Kier molecular flexibility index (Phi) is 24.9. The molecule has 47 heavy (non-hydrogen) atoms. The van der Waals surface area contributed by atoms with Crippen molar-refractivity contribution in [2.45, 2.75) is 188 Å². The number of rotatable bonds is 31. The number of alkyl carbamates (subject to hydrolysis) is 1. The van der Waals surface area contributed by atoms with Crippen LogP contribution in [0.15, 0.2) is 30.8 Å². The molecule has 0 fully saturated rings. The van der Waals surface area contributed by atoms with Gasteiger partial charge in [-0.25, -0.2) is 4.79 Å². The van der Waals surface area contributed by atoms with Crippen LogP contribution < -0.4 is 5.32 Å². The fraction of sp³-hybridized carbons (Fsp3) is 0.791. The number of carbonyl (C=O) groups is 1. The van der Waals surface area contributed by atoms with Crippen molar-refractivity contribution in [1.29, 1.82) is 0 Å². The average Bonchev–Trinajstić information content (AvgIpc) is 3.05. The van der Waals surface area contributed by atoms with E-state index in [-0.39, 0.29) is 6.09 Å². The van der Waals surface area contributed by atoms with Crippen molar-refractivity contribution in [3.63, 3.8) is 0 Å². The Morgan fingerprint density at radius 1 is 0.660 bits per heavy atom. The topological polar surface area (TPSA) is 38.3 Å². The molecular formula is C43H79N2O2+. The van der Waals surface area contributed by atoms with Crippen LogP contribution in [0.2, 0.25) is 0 Å². The Bertz CT molecular complexity index is 883. The van der Waals surface area contributed by atoms with Gasteiger partial charge in [0.2, 0.25) is 0 Å². The molecule has 0 saturated heterocycles. The number of nitrogens with one attached hydrogen (secondary N) is 1. The number of hydrogen-bond acceptors (Lipinski definition) is 2. The summed E-state index contributed by atoms with van der Waals surface area (Å²) in [6.07, 6.45) is 29.3. The molecule has 0 atom stereocenters. The van der Waals surface area contributed by atoms with Crippen LogP contribution in [-0.2, 0) is 10.3 Å². The summed E-state index contributed by atoms with van der Waals surface area (Å²) < 4.78 is 6.99. The first-order chi connectivity index (χ1) is 22.7. The molecule has 0 heterocycles. The molecule has 0 unspecified atom stereocenters. The predicted octanol–water partition coefficient (Wildman–Crippen LogP) is 13.1. The van der Waals surface area contributed by atoms with E-state index >= 15 is 0 Å². The van der Waals surface area contributed by atoms with Gasteiger partial charge in [0.1, 0.15) is 0 Å². The van der Waals surface area contributed by atoms with Crippen molar-refractivity contribution >= 4 is 11.7 Å². The standard InChI is InChI=1S/C43H78N2O2/c1-8-11-14-17-20-25-33-45(34-26-21-18-15-12-9-2,35-27-22-19-16-13-10-3)36-28-23-24-29-37-47-42(46)44-43(6,7)41-32-30-31-40(38-41)39(4)5/h30-32,38H,4,8-29,33-37H2,1-3,5-7H3/p+1. The van der Waals surface area contributed by atoms with Gasteiger partial charge >= 0.3 is 6.09 Å². The lowest BCUT2D eigenvalue weighted by Crippen LogP contribution is -2.50. The van der Waals surface area contributed by atoms with Crippen LogP contribution in [0.3, 0.4) is 0 Å². The molecule has 0 bridgehead atoms. The normalized spacial score (nSPS) is 12.0. The maximum atomic E-state index is 12.7. The van der Waals surface area contributed by atoms with Gasteiger partial charge in [-0.2, -0.15) is 0 Å². The van der Waals surface area contributed by atoms with Gasteiger partial charge in [0, 0.05) is 0 Å². The summed E-state index contributed by atoms with van der Waals surface area (Å²) in [7, 11) is 0. The van der Waals surface area contributed by atoms with Crippen LogP contribution in [0.1, 0.15) is 194 Å². The second kappa shape index (κ2) is 27.1. The van der Waals surface area contributed by atoms with Gasteiger partial charge < -0.3 is 14.5 Å². The van der Waals surface area contributed by atoms with Gasteiger partial charge in [-0.05, 0) is 102 Å². The third-order valence-electron chi connectivity index (χ3n) is 10.2. The van der Waals surface area contributed by atoms with E-state index in [1.54, 1.807) is 0 Å². The molecule has 1 rings (SSSR count). The van der Waals surface area contributed by atoms with Crippen LogP contribution in [0.25, 0.3) is 5.57 Å². The highest BCUT2D eigenvalue weighted by atomic mass is 16.5. The van der Waals surface area contributed by atoms with E-state index in [0.29, 0.717) is 6.61 Å². The Morgan fingerprint density at radius 3 is 1.49 bits per heavy atom. The number of nitrogens with zero attached hydrogens (tertiary/aromatic N) is 1. The summed E-state index contributed by atoms with van der Waals surface area (Å²) >= 11 is 0. The first-order valence-electron chi connectivity index (χ1n) is 20.3. The largest absolute Gasteiger partial charge is 0.450 e. The number of benzene rings is 1. The van der Waals surface area contributed by atoms with Crippen molar-refractivity contribution in [3.05, 3.63) is 42.0 Å². The lowest BCUT2D eigenvalue weighted by molar-refractivity contribution is -0.929. The zero-order chi connectivity index (χ0) is 34.6. The van der Waals surface area contributed by atoms with Gasteiger partial charge in [-0.1, -0.05) is 128 Å². The minimum atomic E-state index is -0.508. The number of carbonyl (C=O) groups excluding carboxylic acids is 1. The molecule has 272 valence electrons. The quantitative estimate of drug-likeness (QED) is 0.0638. The smallest absolute Gasteiger partial charge is 0.407 e. The Balaban J connectivity index is 2.61. The first kappa shape index (κ1) is 43.2. The summed E-state index contributed by atoms with van der Waals surface area (Å²) in [5, 5.41) is 3.07. The number of quaternary nitrogens is 1. The summed E-state index contributed by atoms with van der Waals surface area (Å²) in [6, 6.07) is 8.24. The minimum Gasteiger partial charge on any atom is -0.450 e. The van der Waals surface area contributed by atoms with E-state index < -0.39 is 5.54 Å². The van der Waals surface area contributed by atoms with E-state index in [0.717, 1.165) is 29.5 Å². The fourth-order valence-corrected chi connectivity index (χ4v) is 6.96. The minimum absolute atomic E-state index is 0.330. The first-order valence-corrected chi connectivity index (χ1v) is 20.3. The second-order valence-electron chi connectivity index (χ2n) is 15.2. The molecule has 4 nitrogen and oxygen atoms in total. The summed E-state index contributed by atoms with van der Waals surface area (Å²) in [5.41, 5.74) is 2.67. The predicted molar refractivity (Wildman–Crippen MR) is 207 cm³/mol. The highest BCUT2D eigenvalue weighted by molar-refractivity contribution is 5.69. The molecule has 1 aromatic carbocycles. The zero-order valence-corrected chi connectivity index (χ0v) is 32.4. The van der Waals surface area contributed by atoms with Crippen molar-refractivity contribution in [2.75, 3.05) is 32.8 Å². The molecule has 0 saturated carbocycles. The van der Waals surface area contributed by atoms with E-state index in [9.17, 15) is 4.79 Å². The zero-order valence-electron chi connectivity index (χ0n) is 32.4. The highest BCUT2D eigenvalue weighted by Gasteiger charge is 2.26. The lowest BCUT2D eigenvalue weighted by Gasteiger charge is -2.40. The monoisotopic (exact) mass is 656 g/mol. The Hall–Kier alpha value is -1.81. The molecule has 4 heteroatoms. The van der Waals surface area contributed by atoms with E-state index in [4.69, 9.17) is 4.74 Å². The SMILES string of the molecule is C=C(C)c1cccc(C(C)(C)NC(=O)OCCCCCC[N+](CCCCCCCC)(CCCCCCCC)CCCCCCCC)c1. The molecule has 0 radical (unpaired) electrons. The molecule has 1 N–H and O–H groups in total. The van der Waals surface area contributed by atoms with Crippen molar-refractivity contribution < 1.29 is 14.0 Å². The summed E-state index contributed by atoms with van der Waals surface area (Å²) in [4.78, 5) is 12.7. The van der Waals surface area contributed by atoms with Crippen molar-refractivity contribution in [3.8, 4) is 0 Å². The van der Waals surface area contributed by atoms with Gasteiger partial charge in [0.15, 0.2) is 0 Å². The van der Waals surface area contributed by atoms with Crippen LogP contribution >= 0.6 is 0 Å². The van der Waals surface area contributed by atoms with Crippen molar-refractivity contribution in [2.24, 2.45) is 0 Å². The highest BCUT2D eigenvalue weighted by Crippen LogP contribution is 2.24. The second-order valence-corrected chi connectivity index (χ2v) is 15.2. The molecule has 0 aliphatic carbocycles. The van der Waals surface area contributed by atoms with Crippen LogP contribution in [0, 0.1) is 0 Å². The van der Waals surface area contributed by atoms with Gasteiger partial charge in [-0.15, -0.1) is 0 Å². The lowest BCUT2D eigenvalue weighted by atomic mass is 9.92. The van der Waals surface area contributed by atoms with Crippen LogP contribution in [-0.4, -0.2) is 43.4 Å². The molecular weight excluding hydrogens is 576 g/mol. The molecule has 1 aromatic rings. The Morgan fingerprint density at radius 2 is 1.06 bits per heavy atom. The van der Waals surface area contributed by atoms with E-state index in [2.05, 4.69) is 50.9 Å². The Labute approximate surface area is 293 Å². The van der Waals surface area contributed by atoms with Gasteiger partial charge in [-0.3, -0.25) is 0 Å². The summed E-state index contributed by atoms with van der Waals surface area (Å²) in [5.74, 6) is 0. The van der Waals surface area contributed by atoms with Gasteiger partial charge in [0.25, 0.3) is 0 Å². The number of amides is 1. The fourth-order valence-electron chi connectivity index (χ4n) is 6.96. The molecule has 0 spiro atoms. The maximum absolute atomic E-state index is 12.7. The van der Waals surface area contributed by atoms with Gasteiger partial charge in [0.05, 0.1) is 38.3 Å². The molecule has 0 aliphatic heterocycles. The van der Waals surface area contributed by atoms with E-state index in [1.807, 2.05) is 26.8 Å². The van der Waals surface area contributed by atoms with Crippen molar-refractivity contribution in [1.82, 2.24) is 5.32 Å². The third-order valence-corrected chi connectivity index (χ3v) is 10.2. The van der Waals surface area contributed by atoms with Crippen LogP contribution in [0.5, 0.6) is 0 Å². The number of unbranched alkanes of at least 4 members (excludes halogenated alkanes) is 18. The summed E-state index contributed by atoms with van der Waals surface area (Å²) in [6.45, 7) is 23.0. The number of ether oxygens (including phenoxy) is 1. The average molecular weight is 656 g/mol. The third kappa shape index (κ3) is 21.0. The molecule has 0 aliphatic rings. The molecule has 0 aromatic heterocycles. The van der Waals surface area contributed by atoms with Crippen LogP contribution in [0.4, 0.5) is 4.79 Å². The number of allylic oxidation sites excluding steroid dienone is 1. The number of hydrogen-bond donors (Lipinski definition) is 1.